The Morgan fingerprint density at radius 1 is 1.11 bits per heavy atom. The van der Waals surface area contributed by atoms with Crippen molar-refractivity contribution >= 4 is 8.32 Å². The second kappa shape index (κ2) is 5.85. The minimum Gasteiger partial charge on any atom is -0.413 e. The maximum absolute atomic E-state index is 6.20. The van der Waals surface area contributed by atoms with Gasteiger partial charge in [0, 0.05) is 0 Å². The Balaban J connectivity index is 2.61. The molecule has 1 nitrogen and oxygen atoms in total. The van der Waals surface area contributed by atoms with E-state index in [9.17, 15) is 0 Å². The summed E-state index contributed by atoms with van der Waals surface area (Å²) in [5, 5.41) is 0.274. The minimum absolute atomic E-state index is 0.274. The van der Waals surface area contributed by atoms with Gasteiger partial charge < -0.3 is 4.43 Å². The van der Waals surface area contributed by atoms with Gasteiger partial charge in [-0.15, -0.1) is 6.58 Å². The predicted molar refractivity (Wildman–Crippen MR) is 82.3 cm³/mol. The Hall–Kier alpha value is -0.863. The molecule has 18 heavy (non-hydrogen) atoms. The van der Waals surface area contributed by atoms with Crippen molar-refractivity contribution in [3.05, 3.63) is 48.0 Å². The van der Waals surface area contributed by atoms with Gasteiger partial charge in [-0.05, 0) is 35.7 Å². The van der Waals surface area contributed by atoms with Crippen molar-refractivity contribution in [1.29, 1.82) is 0 Å². The van der Waals surface area contributed by atoms with E-state index in [0.717, 1.165) is 13.0 Å². The Bertz CT molecular complexity index is 385. The molecule has 0 aliphatic rings. The number of hydrogen-bond donors (Lipinski definition) is 0. The van der Waals surface area contributed by atoms with Gasteiger partial charge >= 0.3 is 0 Å². The lowest BCUT2D eigenvalue weighted by atomic mass is 10.1. The number of allylic oxidation sites excluding steroid dienone is 1. The highest BCUT2D eigenvalue weighted by Crippen LogP contribution is 2.37. The van der Waals surface area contributed by atoms with Crippen LogP contribution < -0.4 is 0 Å². The molecule has 0 saturated carbocycles. The summed E-state index contributed by atoms with van der Waals surface area (Å²) in [5.41, 5.74) is 2.56. The summed E-state index contributed by atoms with van der Waals surface area (Å²) >= 11 is 0. The summed E-state index contributed by atoms with van der Waals surface area (Å²) in [6.07, 6.45) is 2.87. The maximum atomic E-state index is 6.20. The molecule has 0 spiro atoms. The fourth-order valence-corrected chi connectivity index (χ4v) is 2.38. The summed E-state index contributed by atoms with van der Waals surface area (Å²) in [6.45, 7) is 15.9. The molecule has 0 atom stereocenters. The number of hydrogen-bond acceptors (Lipinski definition) is 1. The van der Waals surface area contributed by atoms with Crippen molar-refractivity contribution in [2.75, 3.05) is 0 Å². The highest BCUT2D eigenvalue weighted by Gasteiger charge is 2.36. The summed E-state index contributed by atoms with van der Waals surface area (Å²) in [6, 6.07) is 8.63. The molecule has 1 aromatic rings. The molecule has 0 unspecified atom stereocenters. The molecule has 0 aliphatic carbocycles. The van der Waals surface area contributed by atoms with Gasteiger partial charge in [0.15, 0.2) is 8.32 Å². The lowest BCUT2D eigenvalue weighted by molar-refractivity contribution is 0.276. The molecule has 0 fully saturated rings. The summed E-state index contributed by atoms with van der Waals surface area (Å²) in [7, 11) is -1.63. The third-order valence-corrected chi connectivity index (χ3v) is 8.29. The fourth-order valence-electron chi connectivity index (χ4n) is 1.42. The molecule has 2 heteroatoms. The van der Waals surface area contributed by atoms with E-state index in [0.29, 0.717) is 0 Å². The van der Waals surface area contributed by atoms with Crippen molar-refractivity contribution in [1.82, 2.24) is 0 Å². The molecule has 0 heterocycles. The molecule has 0 N–H and O–H groups in total. The van der Waals surface area contributed by atoms with Crippen LogP contribution >= 0.6 is 0 Å². The van der Waals surface area contributed by atoms with E-state index in [1.54, 1.807) is 0 Å². The van der Waals surface area contributed by atoms with E-state index in [4.69, 9.17) is 4.43 Å². The summed E-state index contributed by atoms with van der Waals surface area (Å²) < 4.78 is 6.20. The molecule has 100 valence electrons. The normalized spacial score (nSPS) is 12.5. The first-order valence-electron chi connectivity index (χ1n) is 6.59. The highest BCUT2D eigenvalue weighted by atomic mass is 28.4. The van der Waals surface area contributed by atoms with E-state index in [-0.39, 0.29) is 5.04 Å². The van der Waals surface area contributed by atoms with Crippen molar-refractivity contribution in [2.45, 2.75) is 51.9 Å². The van der Waals surface area contributed by atoms with E-state index >= 15 is 0 Å². The smallest absolute Gasteiger partial charge is 0.192 e. The van der Waals surface area contributed by atoms with Crippen molar-refractivity contribution in [3.63, 3.8) is 0 Å². The van der Waals surface area contributed by atoms with Crippen LogP contribution in [0.15, 0.2) is 36.9 Å². The van der Waals surface area contributed by atoms with Gasteiger partial charge in [0.25, 0.3) is 0 Å². The molecular formula is C16H26OSi. The second-order valence-electron chi connectivity index (χ2n) is 6.36. The zero-order valence-corrected chi connectivity index (χ0v) is 13.4. The molecule has 0 bridgehead atoms. The Morgan fingerprint density at radius 3 is 2.06 bits per heavy atom. The van der Waals surface area contributed by atoms with Crippen molar-refractivity contribution in [2.24, 2.45) is 0 Å². The second-order valence-corrected chi connectivity index (χ2v) is 11.2. The first kappa shape index (κ1) is 15.2. The zero-order chi connectivity index (χ0) is 13.8. The minimum atomic E-state index is -1.63. The zero-order valence-electron chi connectivity index (χ0n) is 12.4. The molecule has 0 aliphatic heterocycles. The van der Waals surface area contributed by atoms with E-state index in [1.807, 2.05) is 6.08 Å². The summed E-state index contributed by atoms with van der Waals surface area (Å²) in [5.74, 6) is 0. The van der Waals surface area contributed by atoms with E-state index in [2.05, 4.69) is 64.7 Å². The van der Waals surface area contributed by atoms with Gasteiger partial charge in [0.05, 0.1) is 6.61 Å². The van der Waals surface area contributed by atoms with Gasteiger partial charge in [-0.2, -0.15) is 0 Å². The topological polar surface area (TPSA) is 9.23 Å². The SMILES string of the molecule is C=CCc1ccc(CO[Si](C)(C)C(C)(C)C)cc1. The number of rotatable bonds is 5. The van der Waals surface area contributed by atoms with Crippen LogP contribution in [0.1, 0.15) is 31.9 Å². The first-order valence-corrected chi connectivity index (χ1v) is 9.50. The average Bonchev–Trinajstić information content (AvgIpc) is 2.27. The lowest BCUT2D eigenvalue weighted by Gasteiger charge is -2.36. The Kier molecular flexibility index (Phi) is 4.94. The van der Waals surface area contributed by atoms with Crippen LogP contribution in [0.5, 0.6) is 0 Å². The molecule has 0 saturated heterocycles. The average molecular weight is 262 g/mol. The molecule has 0 radical (unpaired) electrons. The molecule has 0 amide bonds. The predicted octanol–water partition coefficient (Wildman–Crippen LogP) is 4.94. The third kappa shape index (κ3) is 4.11. The van der Waals surface area contributed by atoms with Crippen LogP contribution in [0.4, 0.5) is 0 Å². The third-order valence-electron chi connectivity index (χ3n) is 3.81. The Morgan fingerprint density at radius 2 is 1.61 bits per heavy atom. The van der Waals surface area contributed by atoms with Crippen LogP contribution in [0.3, 0.4) is 0 Å². The van der Waals surface area contributed by atoms with Gasteiger partial charge in [-0.25, -0.2) is 0 Å². The first-order chi connectivity index (χ1) is 8.26. The monoisotopic (exact) mass is 262 g/mol. The van der Waals surface area contributed by atoms with Crippen LogP contribution in [-0.2, 0) is 17.5 Å². The molecule has 1 aromatic carbocycles. The molecule has 1 rings (SSSR count). The fraction of sp³-hybridized carbons (Fsp3) is 0.500. The van der Waals surface area contributed by atoms with Gasteiger partial charge in [-0.3, -0.25) is 0 Å². The van der Waals surface area contributed by atoms with Crippen molar-refractivity contribution < 1.29 is 4.43 Å². The standard InChI is InChI=1S/C16H26OSi/c1-7-8-14-9-11-15(12-10-14)13-17-18(5,6)16(2,3)4/h7,9-12H,1,8,13H2,2-6H3. The molecular weight excluding hydrogens is 236 g/mol. The van der Waals surface area contributed by atoms with Gasteiger partial charge in [0.2, 0.25) is 0 Å². The molecule has 0 aromatic heterocycles. The number of benzene rings is 1. The quantitative estimate of drug-likeness (QED) is 0.539. The van der Waals surface area contributed by atoms with E-state index < -0.39 is 8.32 Å². The van der Waals surface area contributed by atoms with E-state index in [1.165, 1.54) is 11.1 Å². The lowest BCUT2D eigenvalue weighted by Crippen LogP contribution is -2.40. The maximum Gasteiger partial charge on any atom is 0.192 e. The van der Waals surface area contributed by atoms with Crippen LogP contribution in [0.2, 0.25) is 18.1 Å². The largest absolute Gasteiger partial charge is 0.413 e. The van der Waals surface area contributed by atoms with Gasteiger partial charge in [0.1, 0.15) is 0 Å². The van der Waals surface area contributed by atoms with Crippen LogP contribution in [-0.4, -0.2) is 8.32 Å². The van der Waals surface area contributed by atoms with Gasteiger partial charge in [-0.1, -0.05) is 51.1 Å². The van der Waals surface area contributed by atoms with Crippen LogP contribution in [0, 0.1) is 0 Å². The highest BCUT2D eigenvalue weighted by molar-refractivity contribution is 6.74. The summed E-state index contributed by atoms with van der Waals surface area (Å²) in [4.78, 5) is 0. The van der Waals surface area contributed by atoms with Crippen molar-refractivity contribution in [3.8, 4) is 0 Å². The Labute approximate surface area is 113 Å². The van der Waals surface area contributed by atoms with Crippen LogP contribution in [0.25, 0.3) is 0 Å².